The molecule has 4 nitrogen and oxygen atoms in total. The highest BCUT2D eigenvalue weighted by atomic mass is 32.1. The molecule has 0 aromatic carbocycles. The zero-order chi connectivity index (χ0) is 11.1. The van der Waals surface area contributed by atoms with Gasteiger partial charge in [0.2, 0.25) is 0 Å². The first-order valence-electron chi connectivity index (χ1n) is 5.37. The number of imidazole rings is 1. The van der Waals surface area contributed by atoms with Crippen LogP contribution in [-0.2, 0) is 19.9 Å². The van der Waals surface area contributed by atoms with Crippen molar-refractivity contribution in [1.29, 1.82) is 0 Å². The average Bonchev–Trinajstić information content (AvgIpc) is 2.87. The summed E-state index contributed by atoms with van der Waals surface area (Å²) in [6.45, 7) is 0. The molecule has 0 fully saturated rings. The fraction of sp³-hybridized carbons (Fsp3) is 0.455. The normalized spacial score (nSPS) is 19.8. The fourth-order valence-corrected chi connectivity index (χ4v) is 2.75. The zero-order valence-electron chi connectivity index (χ0n) is 9.05. The highest BCUT2D eigenvalue weighted by molar-refractivity contribution is 7.07. The van der Waals surface area contributed by atoms with Crippen molar-refractivity contribution in [2.75, 3.05) is 0 Å². The van der Waals surface area contributed by atoms with Gasteiger partial charge in [0, 0.05) is 24.5 Å². The Morgan fingerprint density at radius 2 is 2.44 bits per heavy atom. The van der Waals surface area contributed by atoms with Gasteiger partial charge in [-0.2, -0.15) is 0 Å². The minimum atomic E-state index is -0.216. The molecule has 2 heterocycles. The molecule has 1 atom stereocenters. The Kier molecular flexibility index (Phi) is 2.29. The van der Waals surface area contributed by atoms with Gasteiger partial charge in [-0.25, -0.2) is 9.97 Å². The van der Waals surface area contributed by atoms with E-state index < -0.39 is 0 Å². The number of aliphatic hydroxyl groups excluding tert-OH is 1. The predicted octanol–water partition coefficient (Wildman–Crippen LogP) is 1.39. The van der Waals surface area contributed by atoms with Gasteiger partial charge in [0.25, 0.3) is 0 Å². The van der Waals surface area contributed by atoms with Crippen molar-refractivity contribution in [1.82, 2.24) is 14.5 Å². The van der Waals surface area contributed by atoms with Gasteiger partial charge in [-0.05, 0) is 12.8 Å². The van der Waals surface area contributed by atoms with E-state index in [0.29, 0.717) is 6.42 Å². The van der Waals surface area contributed by atoms with Crippen molar-refractivity contribution >= 4 is 11.3 Å². The van der Waals surface area contributed by atoms with Gasteiger partial charge in [0.05, 0.1) is 17.3 Å². The maximum absolute atomic E-state index is 9.67. The van der Waals surface area contributed by atoms with E-state index in [9.17, 15) is 5.11 Å². The zero-order valence-corrected chi connectivity index (χ0v) is 9.87. The van der Waals surface area contributed by atoms with Crippen LogP contribution in [-0.4, -0.2) is 25.7 Å². The molecule has 0 radical (unpaired) electrons. The van der Waals surface area contributed by atoms with Crippen LogP contribution in [0.2, 0.25) is 0 Å². The summed E-state index contributed by atoms with van der Waals surface area (Å²) in [6, 6.07) is 0. The summed E-state index contributed by atoms with van der Waals surface area (Å²) >= 11 is 1.58. The second kappa shape index (κ2) is 3.68. The first-order chi connectivity index (χ1) is 7.75. The lowest BCUT2D eigenvalue weighted by Gasteiger charge is -2.17. The van der Waals surface area contributed by atoms with E-state index >= 15 is 0 Å². The number of aliphatic hydroxyl groups is 1. The van der Waals surface area contributed by atoms with Crippen LogP contribution < -0.4 is 0 Å². The SMILES string of the molecule is Cn1c(-c2cscn2)nc2c1CC(O)CC2. The number of aromatic nitrogens is 3. The van der Waals surface area contributed by atoms with Gasteiger partial charge in [-0.3, -0.25) is 0 Å². The number of thiazole rings is 1. The van der Waals surface area contributed by atoms with Gasteiger partial charge in [0.15, 0.2) is 5.82 Å². The maximum Gasteiger partial charge on any atom is 0.159 e. The van der Waals surface area contributed by atoms with Crippen LogP contribution in [0.15, 0.2) is 10.9 Å². The van der Waals surface area contributed by atoms with E-state index in [4.69, 9.17) is 0 Å². The van der Waals surface area contributed by atoms with Crippen LogP contribution in [0.25, 0.3) is 11.5 Å². The summed E-state index contributed by atoms with van der Waals surface area (Å²) in [6.07, 6.45) is 2.18. The van der Waals surface area contributed by atoms with Gasteiger partial charge in [-0.15, -0.1) is 11.3 Å². The van der Waals surface area contributed by atoms with E-state index in [0.717, 1.165) is 35.7 Å². The fourth-order valence-electron chi connectivity index (χ4n) is 2.22. The summed E-state index contributed by atoms with van der Waals surface area (Å²) in [7, 11) is 2.00. The molecule has 0 saturated heterocycles. The summed E-state index contributed by atoms with van der Waals surface area (Å²) in [5, 5.41) is 11.7. The molecule has 1 aliphatic rings. The van der Waals surface area contributed by atoms with Crippen molar-refractivity contribution in [3.63, 3.8) is 0 Å². The van der Waals surface area contributed by atoms with E-state index in [1.54, 1.807) is 11.3 Å². The molecular weight excluding hydrogens is 222 g/mol. The molecular formula is C11H13N3OS. The molecule has 1 N–H and O–H groups in total. The largest absolute Gasteiger partial charge is 0.393 e. The van der Waals surface area contributed by atoms with Crippen LogP contribution in [0.4, 0.5) is 0 Å². The van der Waals surface area contributed by atoms with E-state index in [1.165, 1.54) is 0 Å². The standard InChI is InChI=1S/C11H13N3OS/c1-14-10-4-7(15)2-3-8(10)13-11(14)9-5-16-6-12-9/h5-7,15H,2-4H2,1H3. The van der Waals surface area contributed by atoms with Crippen LogP contribution >= 0.6 is 11.3 Å². The molecule has 0 aliphatic heterocycles. The first-order valence-corrected chi connectivity index (χ1v) is 6.31. The number of fused-ring (bicyclic) bond motifs is 1. The van der Waals surface area contributed by atoms with Crippen LogP contribution in [0.1, 0.15) is 17.8 Å². The number of nitrogens with zero attached hydrogens (tertiary/aromatic N) is 3. The quantitative estimate of drug-likeness (QED) is 0.812. The van der Waals surface area contributed by atoms with Gasteiger partial charge >= 0.3 is 0 Å². The molecule has 0 saturated carbocycles. The molecule has 0 amide bonds. The van der Waals surface area contributed by atoms with Crippen molar-refractivity contribution in [2.45, 2.75) is 25.4 Å². The molecule has 84 valence electrons. The third-order valence-electron chi connectivity index (χ3n) is 3.10. The minimum absolute atomic E-state index is 0.216. The summed E-state index contributed by atoms with van der Waals surface area (Å²) in [4.78, 5) is 8.91. The Balaban J connectivity index is 2.09. The van der Waals surface area contributed by atoms with Crippen molar-refractivity contribution < 1.29 is 5.11 Å². The topological polar surface area (TPSA) is 50.9 Å². The Hall–Kier alpha value is -1.20. The average molecular weight is 235 g/mol. The molecule has 5 heteroatoms. The molecule has 16 heavy (non-hydrogen) atoms. The van der Waals surface area contributed by atoms with Crippen LogP contribution in [0, 0.1) is 0 Å². The minimum Gasteiger partial charge on any atom is -0.393 e. The summed E-state index contributed by atoms with van der Waals surface area (Å²) in [5.74, 6) is 0.917. The van der Waals surface area contributed by atoms with Crippen molar-refractivity contribution in [3.05, 3.63) is 22.3 Å². The number of aryl methyl sites for hydroxylation is 1. The molecule has 2 aromatic heterocycles. The monoisotopic (exact) mass is 235 g/mol. The van der Waals surface area contributed by atoms with E-state index in [-0.39, 0.29) is 6.10 Å². The molecule has 1 unspecified atom stereocenters. The lowest BCUT2D eigenvalue weighted by atomic mass is 9.98. The van der Waals surface area contributed by atoms with E-state index in [2.05, 4.69) is 14.5 Å². The third-order valence-corrected chi connectivity index (χ3v) is 3.69. The molecule has 1 aliphatic carbocycles. The van der Waals surface area contributed by atoms with Crippen LogP contribution in [0.3, 0.4) is 0 Å². The van der Waals surface area contributed by atoms with Crippen molar-refractivity contribution in [2.24, 2.45) is 7.05 Å². The predicted molar refractivity (Wildman–Crippen MR) is 62.3 cm³/mol. The molecule has 0 bridgehead atoms. The lowest BCUT2D eigenvalue weighted by Crippen LogP contribution is -2.20. The highest BCUT2D eigenvalue weighted by Gasteiger charge is 2.23. The smallest absolute Gasteiger partial charge is 0.159 e. The number of hydrogen-bond acceptors (Lipinski definition) is 4. The summed E-state index contributed by atoms with van der Waals surface area (Å²) in [5.41, 5.74) is 5.02. The van der Waals surface area contributed by atoms with Crippen LogP contribution in [0.5, 0.6) is 0 Å². The van der Waals surface area contributed by atoms with E-state index in [1.807, 2.05) is 17.9 Å². The highest BCUT2D eigenvalue weighted by Crippen LogP contribution is 2.26. The van der Waals surface area contributed by atoms with Gasteiger partial charge in [-0.1, -0.05) is 0 Å². The molecule has 2 aromatic rings. The van der Waals surface area contributed by atoms with Gasteiger partial charge in [0.1, 0.15) is 5.69 Å². The van der Waals surface area contributed by atoms with Crippen molar-refractivity contribution in [3.8, 4) is 11.5 Å². The lowest BCUT2D eigenvalue weighted by molar-refractivity contribution is 0.155. The number of rotatable bonds is 1. The number of hydrogen-bond donors (Lipinski definition) is 1. The first kappa shape index (κ1) is 9.99. The second-order valence-corrected chi connectivity index (χ2v) is 4.88. The second-order valence-electron chi connectivity index (χ2n) is 4.16. The Bertz CT molecular complexity index is 504. The van der Waals surface area contributed by atoms with Gasteiger partial charge < -0.3 is 9.67 Å². The Labute approximate surface area is 97.6 Å². The molecule has 3 rings (SSSR count). The Morgan fingerprint density at radius 3 is 3.19 bits per heavy atom. The maximum atomic E-state index is 9.67. The third kappa shape index (κ3) is 1.47. The molecule has 0 spiro atoms. The Morgan fingerprint density at radius 1 is 1.56 bits per heavy atom. The summed E-state index contributed by atoms with van der Waals surface area (Å²) < 4.78 is 2.06.